The lowest BCUT2D eigenvalue weighted by atomic mass is 10.1. The Morgan fingerprint density at radius 2 is 1.39 bits per heavy atom. The fourth-order valence-electron chi connectivity index (χ4n) is 3.54. The predicted octanol–water partition coefficient (Wildman–Crippen LogP) is 2.40. The maximum absolute atomic E-state index is 12.2. The van der Waals surface area contributed by atoms with Crippen LogP contribution in [0.3, 0.4) is 0 Å². The summed E-state index contributed by atoms with van der Waals surface area (Å²) in [5.74, 6) is 0.700. The molecule has 1 aliphatic heterocycles. The summed E-state index contributed by atoms with van der Waals surface area (Å²) in [7, 11) is 1.39. The molecule has 0 radical (unpaired) electrons. The van der Waals surface area contributed by atoms with Crippen LogP contribution in [-0.2, 0) is 29.7 Å². The van der Waals surface area contributed by atoms with Gasteiger partial charge in [0.25, 0.3) is 0 Å². The summed E-state index contributed by atoms with van der Waals surface area (Å²) in [5.41, 5.74) is 3.53. The second-order valence-electron chi connectivity index (χ2n) is 8.01. The Hall–Kier alpha value is -2.42. The minimum atomic E-state index is -3.40. The van der Waals surface area contributed by atoms with Crippen LogP contribution >= 0.6 is 0 Å². The lowest BCUT2D eigenvalue weighted by Crippen LogP contribution is -2.36. The Labute approximate surface area is 186 Å². The molecule has 0 aliphatic carbocycles. The highest BCUT2D eigenvalue weighted by Crippen LogP contribution is 2.14. The third-order valence-electron chi connectivity index (χ3n) is 5.47. The molecule has 8 heteroatoms. The minimum absolute atomic E-state index is 0.289. The Morgan fingerprint density at radius 1 is 0.903 bits per heavy atom. The number of hydrogen-bond acceptors (Lipinski definition) is 4. The molecule has 0 atom stereocenters. The Kier molecular flexibility index (Phi) is 8.06. The molecule has 0 saturated carbocycles. The first-order valence-electron chi connectivity index (χ1n) is 10.6. The first-order chi connectivity index (χ1) is 14.9. The zero-order valence-corrected chi connectivity index (χ0v) is 19.5. The van der Waals surface area contributed by atoms with Gasteiger partial charge in [0.15, 0.2) is 5.96 Å². The number of nitrogens with one attached hydrogen (secondary N) is 2. The van der Waals surface area contributed by atoms with E-state index in [4.69, 9.17) is 0 Å². The molecular formula is C23H33N5O2S. The van der Waals surface area contributed by atoms with Crippen molar-refractivity contribution in [3.05, 3.63) is 65.2 Å². The number of guanidine groups is 1. The predicted molar refractivity (Wildman–Crippen MR) is 125 cm³/mol. The van der Waals surface area contributed by atoms with Crippen molar-refractivity contribution in [3.8, 4) is 0 Å². The second kappa shape index (κ2) is 10.7. The average molecular weight is 444 g/mol. The summed E-state index contributed by atoms with van der Waals surface area (Å²) in [6.07, 6.45) is 2.63. The minimum Gasteiger partial charge on any atom is -0.352 e. The van der Waals surface area contributed by atoms with Crippen molar-refractivity contribution >= 4 is 16.0 Å². The van der Waals surface area contributed by atoms with Gasteiger partial charge in [-0.1, -0.05) is 36.4 Å². The van der Waals surface area contributed by atoms with E-state index in [0.717, 1.165) is 12.1 Å². The Balaban J connectivity index is 1.47. The molecule has 31 heavy (non-hydrogen) atoms. The molecule has 2 aromatic carbocycles. The molecule has 1 heterocycles. The molecule has 0 aromatic heterocycles. The first-order valence-corrected chi connectivity index (χ1v) is 12.1. The summed E-state index contributed by atoms with van der Waals surface area (Å²) >= 11 is 0. The van der Waals surface area contributed by atoms with Gasteiger partial charge in [0.2, 0.25) is 10.0 Å². The molecule has 1 fully saturated rings. The summed E-state index contributed by atoms with van der Waals surface area (Å²) in [6.45, 7) is 4.69. The molecule has 0 amide bonds. The second-order valence-corrected chi connectivity index (χ2v) is 10.2. The molecule has 0 unspecified atom stereocenters. The van der Waals surface area contributed by atoms with Crippen LogP contribution in [0.25, 0.3) is 0 Å². The topological polar surface area (TPSA) is 77.0 Å². The van der Waals surface area contributed by atoms with Gasteiger partial charge in [0.05, 0.1) is 4.90 Å². The fourth-order valence-corrected chi connectivity index (χ4v) is 4.45. The monoisotopic (exact) mass is 443 g/mol. The lowest BCUT2D eigenvalue weighted by Gasteiger charge is -2.15. The Morgan fingerprint density at radius 3 is 1.87 bits per heavy atom. The van der Waals surface area contributed by atoms with Crippen molar-refractivity contribution in [2.75, 3.05) is 34.2 Å². The van der Waals surface area contributed by atoms with Crippen LogP contribution in [0.1, 0.15) is 29.5 Å². The van der Waals surface area contributed by atoms with Crippen LogP contribution in [0.2, 0.25) is 0 Å². The van der Waals surface area contributed by atoms with E-state index < -0.39 is 10.0 Å². The van der Waals surface area contributed by atoms with Crippen molar-refractivity contribution in [2.24, 2.45) is 4.99 Å². The van der Waals surface area contributed by atoms with E-state index >= 15 is 0 Å². The van der Waals surface area contributed by atoms with Crippen LogP contribution < -0.4 is 10.6 Å². The van der Waals surface area contributed by atoms with E-state index in [1.807, 2.05) is 12.1 Å². The maximum Gasteiger partial charge on any atom is 0.242 e. The third-order valence-corrected chi connectivity index (χ3v) is 7.30. The third kappa shape index (κ3) is 6.53. The number of hydrogen-bond donors (Lipinski definition) is 2. The van der Waals surface area contributed by atoms with Gasteiger partial charge < -0.3 is 10.6 Å². The molecule has 168 valence electrons. The number of nitrogens with zero attached hydrogens (tertiary/aromatic N) is 3. The lowest BCUT2D eigenvalue weighted by molar-refractivity contribution is 0.331. The van der Waals surface area contributed by atoms with Crippen LogP contribution in [0.4, 0.5) is 0 Å². The summed E-state index contributed by atoms with van der Waals surface area (Å²) in [5, 5.41) is 6.59. The van der Waals surface area contributed by atoms with Crippen molar-refractivity contribution in [2.45, 2.75) is 37.4 Å². The zero-order chi connectivity index (χ0) is 22.3. The highest BCUT2D eigenvalue weighted by Gasteiger charge is 2.16. The van der Waals surface area contributed by atoms with E-state index in [-0.39, 0.29) is 4.90 Å². The van der Waals surface area contributed by atoms with Crippen molar-refractivity contribution in [1.29, 1.82) is 0 Å². The normalized spacial score (nSPS) is 15.4. The molecule has 1 saturated heterocycles. The van der Waals surface area contributed by atoms with E-state index in [0.29, 0.717) is 19.0 Å². The fraction of sp³-hybridized carbons (Fsp3) is 0.435. The van der Waals surface area contributed by atoms with E-state index in [9.17, 15) is 8.42 Å². The number of sulfonamides is 1. The van der Waals surface area contributed by atoms with Gasteiger partial charge in [0, 0.05) is 40.8 Å². The van der Waals surface area contributed by atoms with Crippen LogP contribution in [0.5, 0.6) is 0 Å². The average Bonchev–Trinajstić information content (AvgIpc) is 3.28. The summed E-state index contributed by atoms with van der Waals surface area (Å²) < 4.78 is 25.5. The van der Waals surface area contributed by atoms with E-state index in [2.05, 4.69) is 44.8 Å². The van der Waals surface area contributed by atoms with Gasteiger partial charge in [-0.25, -0.2) is 12.7 Å². The van der Waals surface area contributed by atoms with Crippen molar-refractivity contribution in [3.63, 3.8) is 0 Å². The first kappa shape index (κ1) is 23.2. The van der Waals surface area contributed by atoms with Crippen molar-refractivity contribution < 1.29 is 8.42 Å². The molecule has 0 spiro atoms. The SMILES string of the molecule is CN=C(NCc1ccc(CN2CCCC2)cc1)NCc1ccc(S(=O)(=O)N(C)C)cc1. The number of likely N-dealkylation sites (tertiary alicyclic amines) is 1. The molecule has 0 bridgehead atoms. The van der Waals surface area contributed by atoms with Gasteiger partial charge in [-0.05, 0) is 54.8 Å². The van der Waals surface area contributed by atoms with Gasteiger partial charge in [0.1, 0.15) is 0 Å². The van der Waals surface area contributed by atoms with E-state index in [1.54, 1.807) is 19.2 Å². The maximum atomic E-state index is 12.2. The molecular weight excluding hydrogens is 410 g/mol. The smallest absolute Gasteiger partial charge is 0.242 e. The standard InChI is InChI=1S/C23H33N5O2S/c1-24-23(26-17-20-10-12-22(13-11-20)31(29,30)27(2)3)25-16-19-6-8-21(9-7-19)18-28-14-4-5-15-28/h6-13H,4-5,14-18H2,1-3H3,(H2,24,25,26). The largest absolute Gasteiger partial charge is 0.352 e. The molecule has 2 aromatic rings. The van der Waals surface area contributed by atoms with Gasteiger partial charge >= 0.3 is 0 Å². The summed E-state index contributed by atoms with van der Waals surface area (Å²) in [4.78, 5) is 7.06. The highest BCUT2D eigenvalue weighted by molar-refractivity contribution is 7.89. The van der Waals surface area contributed by atoms with E-state index in [1.165, 1.54) is 55.5 Å². The van der Waals surface area contributed by atoms with Gasteiger partial charge in [-0.3, -0.25) is 9.89 Å². The Bertz CT molecular complexity index is 964. The van der Waals surface area contributed by atoms with Gasteiger partial charge in [-0.2, -0.15) is 0 Å². The molecule has 3 rings (SSSR count). The molecule has 2 N–H and O–H groups in total. The van der Waals surface area contributed by atoms with Crippen LogP contribution in [0.15, 0.2) is 58.4 Å². The van der Waals surface area contributed by atoms with Gasteiger partial charge in [-0.15, -0.1) is 0 Å². The zero-order valence-electron chi connectivity index (χ0n) is 18.6. The quantitative estimate of drug-likeness (QED) is 0.484. The number of benzene rings is 2. The number of rotatable bonds is 8. The molecule has 7 nitrogen and oxygen atoms in total. The highest BCUT2D eigenvalue weighted by atomic mass is 32.2. The van der Waals surface area contributed by atoms with Crippen molar-refractivity contribution in [1.82, 2.24) is 19.8 Å². The number of aliphatic imine (C=N–C) groups is 1. The molecule has 1 aliphatic rings. The van der Waals surface area contributed by atoms with Crippen LogP contribution in [-0.4, -0.2) is 57.8 Å². The van der Waals surface area contributed by atoms with Crippen LogP contribution in [0, 0.1) is 0 Å². The summed E-state index contributed by atoms with van der Waals surface area (Å²) in [6, 6.07) is 15.6.